The van der Waals surface area contributed by atoms with Crippen LogP contribution in [0.5, 0.6) is 0 Å². The zero-order valence-corrected chi connectivity index (χ0v) is 18.6. The van der Waals surface area contributed by atoms with Crippen molar-refractivity contribution < 1.29 is 9.21 Å². The first-order valence-electron chi connectivity index (χ1n) is 11.0. The molecule has 0 spiro atoms. The molecule has 1 amide bonds. The van der Waals surface area contributed by atoms with Crippen LogP contribution in [0.2, 0.25) is 0 Å². The molecule has 0 saturated carbocycles. The highest BCUT2D eigenvalue weighted by atomic mass is 16.3. The summed E-state index contributed by atoms with van der Waals surface area (Å²) in [6, 6.07) is 9.07. The molecule has 0 aliphatic carbocycles. The molecule has 1 aliphatic heterocycles. The van der Waals surface area contributed by atoms with Crippen LogP contribution in [0.3, 0.4) is 0 Å². The van der Waals surface area contributed by atoms with Crippen molar-refractivity contribution in [3.63, 3.8) is 0 Å². The predicted molar refractivity (Wildman–Crippen MR) is 128 cm³/mol. The van der Waals surface area contributed by atoms with Gasteiger partial charge in [0.05, 0.1) is 23.1 Å². The molecule has 1 saturated heterocycles. The van der Waals surface area contributed by atoms with Gasteiger partial charge in [-0.05, 0) is 36.6 Å². The van der Waals surface area contributed by atoms with Gasteiger partial charge < -0.3 is 20.4 Å². The average Bonchev–Trinajstić information content (AvgIpc) is 3.27. The summed E-state index contributed by atoms with van der Waals surface area (Å²) < 4.78 is 5.62. The summed E-state index contributed by atoms with van der Waals surface area (Å²) in [6.07, 6.45) is 9.00. The fourth-order valence-electron chi connectivity index (χ4n) is 4.43. The summed E-state index contributed by atoms with van der Waals surface area (Å²) in [5.74, 6) is 0.0969. The standard InChI is InChI=1S/C25H23N7O2/c1-15-6-18(27)13-32(12-15)22-4-5-28-11-21(22)31-25(33)20-2-3-23-24(30-20)19(14-34-23)17-7-16(8-26)9-29-10-17/h2-5,7,9-11,14-15,18H,6,12-13,27H2,1H3,(H,31,33)/t15-,18+/m1/s1. The number of piperidine rings is 1. The lowest BCUT2D eigenvalue weighted by Gasteiger charge is -2.37. The normalized spacial score (nSPS) is 18.0. The van der Waals surface area contributed by atoms with E-state index in [2.05, 4.69) is 38.2 Å². The molecule has 1 aliphatic rings. The van der Waals surface area contributed by atoms with Gasteiger partial charge in [0.25, 0.3) is 5.91 Å². The zero-order valence-electron chi connectivity index (χ0n) is 18.6. The van der Waals surface area contributed by atoms with Crippen LogP contribution in [0.1, 0.15) is 29.4 Å². The van der Waals surface area contributed by atoms with Gasteiger partial charge in [-0.15, -0.1) is 0 Å². The second kappa shape index (κ2) is 8.92. The molecule has 9 heteroatoms. The Morgan fingerprint density at radius 2 is 2.12 bits per heavy atom. The summed E-state index contributed by atoms with van der Waals surface area (Å²) in [4.78, 5) is 28.2. The van der Waals surface area contributed by atoms with Crippen LogP contribution in [-0.4, -0.2) is 40.0 Å². The number of nitriles is 1. The van der Waals surface area contributed by atoms with E-state index in [1.165, 1.54) is 6.20 Å². The van der Waals surface area contributed by atoms with Gasteiger partial charge >= 0.3 is 0 Å². The molecule has 3 N–H and O–H groups in total. The lowest BCUT2D eigenvalue weighted by Crippen LogP contribution is -2.46. The lowest BCUT2D eigenvalue weighted by atomic mass is 9.96. The monoisotopic (exact) mass is 453 g/mol. The molecular weight excluding hydrogens is 430 g/mol. The summed E-state index contributed by atoms with van der Waals surface area (Å²) in [6.45, 7) is 3.75. The Labute approximate surface area is 196 Å². The first-order valence-corrected chi connectivity index (χ1v) is 11.0. The van der Waals surface area contributed by atoms with Crippen molar-refractivity contribution in [3.8, 4) is 17.2 Å². The Hall–Kier alpha value is -4.29. The number of anilines is 2. The summed E-state index contributed by atoms with van der Waals surface area (Å²) in [5, 5.41) is 12.1. The number of nitrogens with one attached hydrogen (secondary N) is 1. The molecule has 9 nitrogen and oxygen atoms in total. The Morgan fingerprint density at radius 1 is 1.24 bits per heavy atom. The summed E-state index contributed by atoms with van der Waals surface area (Å²) in [7, 11) is 0. The van der Waals surface area contributed by atoms with Crippen molar-refractivity contribution in [1.82, 2.24) is 15.0 Å². The van der Waals surface area contributed by atoms with Gasteiger partial charge in [0.2, 0.25) is 0 Å². The third-order valence-corrected chi connectivity index (χ3v) is 5.91. The first-order chi connectivity index (χ1) is 16.5. The van der Waals surface area contributed by atoms with Gasteiger partial charge in [-0.1, -0.05) is 6.92 Å². The van der Waals surface area contributed by atoms with Gasteiger partial charge in [-0.3, -0.25) is 14.8 Å². The van der Waals surface area contributed by atoms with Gasteiger partial charge in [-0.25, -0.2) is 4.98 Å². The number of carbonyl (C=O) groups is 1. The molecule has 34 heavy (non-hydrogen) atoms. The number of aromatic nitrogens is 3. The van der Waals surface area contributed by atoms with Crippen LogP contribution in [-0.2, 0) is 0 Å². The molecule has 0 bridgehead atoms. The molecule has 5 rings (SSSR count). The smallest absolute Gasteiger partial charge is 0.274 e. The minimum Gasteiger partial charge on any atom is -0.462 e. The van der Waals surface area contributed by atoms with Crippen LogP contribution in [0.25, 0.3) is 22.2 Å². The van der Waals surface area contributed by atoms with E-state index in [1.54, 1.807) is 43.1 Å². The van der Waals surface area contributed by atoms with Gasteiger partial charge in [-0.2, -0.15) is 5.26 Å². The molecule has 0 unspecified atom stereocenters. The maximum Gasteiger partial charge on any atom is 0.274 e. The van der Waals surface area contributed by atoms with Crippen LogP contribution >= 0.6 is 0 Å². The number of hydrogen-bond acceptors (Lipinski definition) is 8. The second-order valence-corrected chi connectivity index (χ2v) is 8.62. The minimum absolute atomic E-state index is 0.0816. The fraction of sp³-hybridized carbons (Fsp3) is 0.240. The van der Waals surface area contributed by atoms with E-state index in [-0.39, 0.29) is 17.6 Å². The quantitative estimate of drug-likeness (QED) is 0.479. The number of amides is 1. The van der Waals surface area contributed by atoms with Crippen molar-refractivity contribution in [2.24, 2.45) is 11.7 Å². The van der Waals surface area contributed by atoms with E-state index in [1.807, 2.05) is 6.07 Å². The molecule has 170 valence electrons. The number of carbonyl (C=O) groups excluding carboxylic acids is 1. The predicted octanol–water partition coefficient (Wildman–Crippen LogP) is 3.58. The molecule has 5 heterocycles. The second-order valence-electron chi connectivity index (χ2n) is 8.62. The third kappa shape index (κ3) is 4.19. The van der Waals surface area contributed by atoms with E-state index in [4.69, 9.17) is 10.2 Å². The molecular formula is C25H23N7O2. The fourth-order valence-corrected chi connectivity index (χ4v) is 4.43. The molecule has 4 aromatic rings. The third-order valence-electron chi connectivity index (χ3n) is 5.91. The van der Waals surface area contributed by atoms with Gasteiger partial charge in [0.15, 0.2) is 5.58 Å². The highest BCUT2D eigenvalue weighted by molar-refractivity contribution is 6.06. The van der Waals surface area contributed by atoms with Gasteiger partial charge in [0, 0.05) is 48.8 Å². The largest absolute Gasteiger partial charge is 0.462 e. The number of rotatable bonds is 4. The SMILES string of the molecule is C[C@@H]1C[C@H](N)CN(c2ccncc2NC(=O)c2ccc3occ(-c4cncc(C#N)c4)c3n2)C1. The Morgan fingerprint density at radius 3 is 2.94 bits per heavy atom. The highest BCUT2D eigenvalue weighted by Crippen LogP contribution is 2.31. The van der Waals surface area contributed by atoms with E-state index >= 15 is 0 Å². The summed E-state index contributed by atoms with van der Waals surface area (Å²) in [5.41, 5.74) is 10.8. The molecule has 2 atom stereocenters. The number of hydrogen-bond donors (Lipinski definition) is 2. The van der Waals surface area contributed by atoms with Crippen LogP contribution < -0.4 is 16.0 Å². The van der Waals surface area contributed by atoms with Crippen molar-refractivity contribution in [2.45, 2.75) is 19.4 Å². The maximum absolute atomic E-state index is 13.2. The maximum atomic E-state index is 13.2. The average molecular weight is 454 g/mol. The van der Waals surface area contributed by atoms with Crippen LogP contribution in [0.15, 0.2) is 59.7 Å². The number of nitrogens with zero attached hydrogens (tertiary/aromatic N) is 5. The van der Waals surface area contributed by atoms with Crippen molar-refractivity contribution in [1.29, 1.82) is 5.26 Å². The van der Waals surface area contributed by atoms with E-state index in [0.29, 0.717) is 39.4 Å². The number of pyridine rings is 3. The molecule has 0 aromatic carbocycles. The number of fused-ring (bicyclic) bond motifs is 1. The number of furan rings is 1. The molecule has 0 radical (unpaired) electrons. The van der Waals surface area contributed by atoms with Crippen LogP contribution in [0.4, 0.5) is 11.4 Å². The van der Waals surface area contributed by atoms with E-state index < -0.39 is 0 Å². The Balaban J connectivity index is 1.45. The zero-order chi connectivity index (χ0) is 23.7. The van der Waals surface area contributed by atoms with E-state index in [0.717, 1.165) is 25.2 Å². The van der Waals surface area contributed by atoms with Gasteiger partial charge in [0.1, 0.15) is 23.5 Å². The van der Waals surface area contributed by atoms with Crippen molar-refractivity contribution in [2.75, 3.05) is 23.3 Å². The highest BCUT2D eigenvalue weighted by Gasteiger charge is 2.25. The van der Waals surface area contributed by atoms with Crippen molar-refractivity contribution in [3.05, 3.63) is 66.6 Å². The summed E-state index contributed by atoms with van der Waals surface area (Å²) >= 11 is 0. The topological polar surface area (TPSA) is 134 Å². The Kier molecular flexibility index (Phi) is 5.65. The minimum atomic E-state index is -0.360. The van der Waals surface area contributed by atoms with E-state index in [9.17, 15) is 10.1 Å². The molecule has 1 fully saturated rings. The number of nitrogens with two attached hydrogens (primary N) is 1. The first kappa shape index (κ1) is 21.6. The molecule has 4 aromatic heterocycles. The lowest BCUT2D eigenvalue weighted by molar-refractivity contribution is 0.102. The van der Waals surface area contributed by atoms with Crippen molar-refractivity contribution >= 4 is 28.4 Å². The Bertz CT molecular complexity index is 1400. The van der Waals surface area contributed by atoms with Crippen LogP contribution in [0, 0.1) is 17.2 Å².